The molecule has 0 spiro atoms. The van der Waals surface area contributed by atoms with Gasteiger partial charge in [-0.2, -0.15) is 0 Å². The third-order valence-corrected chi connectivity index (χ3v) is 5.01. The molecule has 108 valence electrons. The van der Waals surface area contributed by atoms with Crippen molar-refractivity contribution in [2.75, 3.05) is 13.2 Å². The Labute approximate surface area is 118 Å². The van der Waals surface area contributed by atoms with E-state index in [1.807, 2.05) is 24.3 Å². The summed E-state index contributed by atoms with van der Waals surface area (Å²) in [4.78, 5) is 11.6. The second kappa shape index (κ2) is 4.57. The summed E-state index contributed by atoms with van der Waals surface area (Å²) < 4.78 is 5.38. The van der Waals surface area contributed by atoms with E-state index in [1.54, 1.807) is 0 Å². The summed E-state index contributed by atoms with van der Waals surface area (Å²) >= 11 is 0. The number of hydrogen-bond acceptors (Lipinski definition) is 3. The second-order valence-corrected chi connectivity index (χ2v) is 6.12. The summed E-state index contributed by atoms with van der Waals surface area (Å²) in [7, 11) is 0. The fraction of sp³-hybridized carbons (Fsp3) is 0.562. The normalized spacial score (nSPS) is 36.0. The molecule has 20 heavy (non-hydrogen) atoms. The van der Waals surface area contributed by atoms with Crippen LogP contribution >= 0.6 is 0 Å². The van der Waals surface area contributed by atoms with Crippen molar-refractivity contribution < 1.29 is 14.6 Å². The molecule has 4 heteroatoms. The average molecular weight is 275 g/mol. The van der Waals surface area contributed by atoms with Crippen molar-refractivity contribution in [1.82, 2.24) is 0 Å². The molecule has 4 nitrogen and oxygen atoms in total. The van der Waals surface area contributed by atoms with E-state index in [2.05, 4.69) is 6.92 Å². The lowest BCUT2D eigenvalue weighted by atomic mass is 9.86. The van der Waals surface area contributed by atoms with Gasteiger partial charge >= 0.3 is 5.97 Å². The number of ether oxygens (including phenoxy) is 1. The van der Waals surface area contributed by atoms with Crippen LogP contribution in [-0.4, -0.2) is 24.3 Å². The lowest BCUT2D eigenvalue weighted by Gasteiger charge is -2.23. The summed E-state index contributed by atoms with van der Waals surface area (Å²) in [6, 6.07) is 7.82. The zero-order chi connectivity index (χ0) is 14.4. The molecule has 3 N–H and O–H groups in total. The van der Waals surface area contributed by atoms with Gasteiger partial charge in [0.25, 0.3) is 0 Å². The largest absolute Gasteiger partial charge is 0.481 e. The zero-order valence-corrected chi connectivity index (χ0v) is 11.8. The Hall–Kier alpha value is -1.39. The van der Waals surface area contributed by atoms with Crippen LogP contribution in [0.2, 0.25) is 0 Å². The molecule has 0 amide bonds. The third-order valence-electron chi connectivity index (χ3n) is 5.01. The highest BCUT2D eigenvalue weighted by Gasteiger charge is 2.60. The molecule has 2 fully saturated rings. The molecular weight excluding hydrogens is 254 g/mol. The fourth-order valence-corrected chi connectivity index (χ4v) is 3.47. The molecular formula is C16H21NO3. The van der Waals surface area contributed by atoms with Crippen molar-refractivity contribution in [3.05, 3.63) is 35.4 Å². The van der Waals surface area contributed by atoms with Crippen molar-refractivity contribution in [2.24, 2.45) is 11.7 Å². The van der Waals surface area contributed by atoms with Crippen LogP contribution in [0.15, 0.2) is 24.3 Å². The molecule has 1 heterocycles. The Morgan fingerprint density at radius 1 is 1.40 bits per heavy atom. The Morgan fingerprint density at radius 2 is 2.05 bits per heavy atom. The Bertz CT molecular complexity index is 519. The van der Waals surface area contributed by atoms with E-state index >= 15 is 0 Å². The fourth-order valence-electron chi connectivity index (χ4n) is 3.47. The first-order valence-electron chi connectivity index (χ1n) is 7.24. The van der Waals surface area contributed by atoms with Crippen LogP contribution in [0.1, 0.15) is 37.3 Å². The number of carboxylic acids is 1. The minimum absolute atomic E-state index is 0.257. The van der Waals surface area contributed by atoms with Gasteiger partial charge < -0.3 is 15.6 Å². The minimum Gasteiger partial charge on any atom is -0.481 e. The van der Waals surface area contributed by atoms with E-state index in [4.69, 9.17) is 10.5 Å². The predicted molar refractivity (Wildman–Crippen MR) is 75.5 cm³/mol. The third kappa shape index (κ3) is 1.86. The van der Waals surface area contributed by atoms with Gasteiger partial charge in [0, 0.05) is 6.61 Å². The topological polar surface area (TPSA) is 72.5 Å². The van der Waals surface area contributed by atoms with Crippen LogP contribution < -0.4 is 5.73 Å². The second-order valence-electron chi connectivity index (χ2n) is 6.12. The van der Waals surface area contributed by atoms with Crippen LogP contribution in [0.25, 0.3) is 0 Å². The average Bonchev–Trinajstić information content (AvgIpc) is 3.06. The Kier molecular flexibility index (Phi) is 3.10. The van der Waals surface area contributed by atoms with Gasteiger partial charge in [0.1, 0.15) is 0 Å². The molecule has 1 saturated heterocycles. The smallest absolute Gasteiger partial charge is 0.314 e. The number of carbonyl (C=O) groups is 1. The zero-order valence-electron chi connectivity index (χ0n) is 11.8. The molecule has 1 saturated carbocycles. The van der Waals surface area contributed by atoms with Crippen molar-refractivity contribution in [3.8, 4) is 0 Å². The molecule has 0 aromatic heterocycles. The molecule has 3 unspecified atom stereocenters. The van der Waals surface area contributed by atoms with Gasteiger partial charge in [-0.25, -0.2) is 0 Å². The van der Waals surface area contributed by atoms with Crippen LogP contribution in [-0.2, 0) is 20.5 Å². The van der Waals surface area contributed by atoms with Crippen molar-refractivity contribution in [3.63, 3.8) is 0 Å². The number of carboxylic acid groups (broad SMARTS) is 1. The lowest BCUT2D eigenvalue weighted by Crippen LogP contribution is -2.37. The summed E-state index contributed by atoms with van der Waals surface area (Å²) in [6.07, 6.45) is 2.46. The quantitative estimate of drug-likeness (QED) is 0.881. The summed E-state index contributed by atoms with van der Waals surface area (Å²) in [5.41, 5.74) is 7.19. The molecule has 1 aliphatic carbocycles. The van der Waals surface area contributed by atoms with E-state index in [1.165, 1.54) is 0 Å². The number of rotatable bonds is 4. The minimum atomic E-state index is -0.705. The van der Waals surface area contributed by atoms with Gasteiger partial charge in [0.2, 0.25) is 0 Å². The molecule has 1 aromatic carbocycles. The first-order valence-corrected chi connectivity index (χ1v) is 7.24. The number of benzene rings is 1. The van der Waals surface area contributed by atoms with Crippen LogP contribution in [0.4, 0.5) is 0 Å². The van der Waals surface area contributed by atoms with E-state index in [0.717, 1.165) is 30.4 Å². The maximum Gasteiger partial charge on any atom is 0.314 e. The molecule has 1 aliphatic heterocycles. The first kappa shape index (κ1) is 13.6. The predicted octanol–water partition coefficient (Wildman–Crippen LogP) is 2.01. The number of hydrogen-bond donors (Lipinski definition) is 2. The molecule has 2 aliphatic rings. The molecule has 0 radical (unpaired) electrons. The molecule has 1 aromatic rings. The van der Waals surface area contributed by atoms with Crippen molar-refractivity contribution >= 4 is 5.97 Å². The highest BCUT2D eigenvalue weighted by Crippen LogP contribution is 2.56. The summed E-state index contributed by atoms with van der Waals surface area (Å²) in [5, 5.41) is 9.55. The summed E-state index contributed by atoms with van der Waals surface area (Å²) in [6.45, 7) is 3.28. The standard InChI is InChI=1S/C16H21NO3/c1-2-11-9-16(11,14(18)19)13-5-3-12(4-6-13)15(17)7-8-20-10-15/h3-6,11H,2,7-10,17H2,1H3,(H,18,19). The first-order chi connectivity index (χ1) is 9.53. The molecule has 0 bridgehead atoms. The van der Waals surface area contributed by atoms with E-state index in [0.29, 0.717) is 13.2 Å². The highest BCUT2D eigenvalue weighted by atomic mass is 16.5. The van der Waals surface area contributed by atoms with E-state index < -0.39 is 16.9 Å². The monoisotopic (exact) mass is 275 g/mol. The lowest BCUT2D eigenvalue weighted by molar-refractivity contribution is -0.140. The van der Waals surface area contributed by atoms with Crippen LogP contribution in [0, 0.1) is 5.92 Å². The SMILES string of the molecule is CCC1CC1(C(=O)O)c1ccc(C2(N)CCOC2)cc1. The van der Waals surface area contributed by atoms with Gasteiger partial charge in [-0.15, -0.1) is 0 Å². The van der Waals surface area contributed by atoms with Gasteiger partial charge in [-0.3, -0.25) is 4.79 Å². The maximum atomic E-state index is 11.6. The Morgan fingerprint density at radius 3 is 2.50 bits per heavy atom. The number of nitrogens with two attached hydrogens (primary N) is 1. The number of aliphatic carboxylic acids is 1. The van der Waals surface area contributed by atoms with Gasteiger partial charge in [0.15, 0.2) is 0 Å². The Balaban J connectivity index is 1.88. The van der Waals surface area contributed by atoms with Gasteiger partial charge in [-0.1, -0.05) is 37.6 Å². The van der Waals surface area contributed by atoms with Crippen molar-refractivity contribution in [2.45, 2.75) is 37.1 Å². The van der Waals surface area contributed by atoms with Crippen molar-refractivity contribution in [1.29, 1.82) is 0 Å². The maximum absolute atomic E-state index is 11.6. The van der Waals surface area contributed by atoms with E-state index in [-0.39, 0.29) is 5.92 Å². The van der Waals surface area contributed by atoms with Crippen LogP contribution in [0.5, 0.6) is 0 Å². The highest BCUT2D eigenvalue weighted by molar-refractivity contribution is 5.85. The molecule has 3 atom stereocenters. The van der Waals surface area contributed by atoms with Crippen LogP contribution in [0.3, 0.4) is 0 Å². The van der Waals surface area contributed by atoms with E-state index in [9.17, 15) is 9.90 Å². The van der Waals surface area contributed by atoms with Gasteiger partial charge in [-0.05, 0) is 29.9 Å². The molecule has 3 rings (SSSR count). The van der Waals surface area contributed by atoms with Gasteiger partial charge in [0.05, 0.1) is 17.6 Å². The summed E-state index contributed by atoms with van der Waals surface area (Å²) in [5.74, 6) is -0.448.